The maximum absolute atomic E-state index is 7.62. The molecule has 0 saturated heterocycles. The van der Waals surface area contributed by atoms with Gasteiger partial charge in [0.25, 0.3) is 0 Å². The zero-order chi connectivity index (χ0) is 35.8. The molecule has 1 heterocycles. The first kappa shape index (κ1) is 31.8. The Hall–Kier alpha value is -6.12. The number of benzene rings is 7. The number of methoxy groups -OCH3 is 1. The Balaban J connectivity index is 0.00000177. The Morgan fingerprint density at radius 2 is 1.33 bits per heavy atom. The van der Waals surface area contributed by atoms with Crippen LogP contribution in [0, 0.1) is 6.92 Å². The molecule has 3 aliphatic rings. The molecule has 0 saturated carbocycles. The van der Waals surface area contributed by atoms with Crippen LogP contribution >= 0.6 is 0 Å². The first-order valence-electron chi connectivity index (χ1n) is 18.2. The van der Waals surface area contributed by atoms with E-state index in [2.05, 4.69) is 160 Å². The van der Waals surface area contributed by atoms with Gasteiger partial charge >= 0.3 is 0 Å². The van der Waals surface area contributed by atoms with Crippen LogP contribution in [-0.4, -0.2) is 7.11 Å². The van der Waals surface area contributed by atoms with Gasteiger partial charge in [0.1, 0.15) is 11.5 Å². The molecule has 2 nitrogen and oxygen atoms in total. The largest absolute Gasteiger partial charge is 0.497 e. The minimum absolute atomic E-state index is 0.619. The van der Waals surface area contributed by atoms with Gasteiger partial charge < -0.3 is 9.47 Å². The molecule has 1 atom stereocenters. The Kier molecular flexibility index (Phi) is 7.17. The van der Waals surface area contributed by atoms with Gasteiger partial charge in [-0.25, -0.2) is 0 Å². The molecule has 7 aromatic carbocycles. The fourth-order valence-corrected chi connectivity index (χ4v) is 9.31. The summed E-state index contributed by atoms with van der Waals surface area (Å²) >= 11 is 0. The molecule has 1 unspecified atom stereocenters. The third-order valence-corrected chi connectivity index (χ3v) is 11.4. The normalized spacial score (nSPS) is 17.2. The van der Waals surface area contributed by atoms with Crippen LogP contribution in [0.4, 0.5) is 0 Å². The Labute approximate surface area is 305 Å². The van der Waals surface area contributed by atoms with Crippen molar-refractivity contribution in [3.05, 3.63) is 203 Å². The van der Waals surface area contributed by atoms with Crippen LogP contribution in [0.2, 0.25) is 0 Å². The van der Waals surface area contributed by atoms with Crippen LogP contribution < -0.4 is 9.47 Å². The maximum Gasteiger partial charge on any atom is 0.178 e. The fraction of sp³-hybridized carbons (Fsp3) is 0.120. The predicted molar refractivity (Wildman–Crippen MR) is 219 cm³/mol. The summed E-state index contributed by atoms with van der Waals surface area (Å²) in [6, 6.07) is 43.7. The highest BCUT2D eigenvalue weighted by Crippen LogP contribution is 2.65. The molecule has 2 aliphatic carbocycles. The van der Waals surface area contributed by atoms with Crippen molar-refractivity contribution in [3.8, 4) is 11.5 Å². The van der Waals surface area contributed by atoms with Gasteiger partial charge in [-0.3, -0.25) is 0 Å². The maximum atomic E-state index is 7.62. The lowest BCUT2D eigenvalue weighted by molar-refractivity contribution is 0.163. The van der Waals surface area contributed by atoms with E-state index in [1.165, 1.54) is 49.4 Å². The average molecular weight is 673 g/mol. The van der Waals surface area contributed by atoms with Gasteiger partial charge in [0, 0.05) is 22.1 Å². The molecule has 1 spiro atoms. The van der Waals surface area contributed by atoms with Crippen molar-refractivity contribution in [2.45, 2.75) is 31.8 Å². The van der Waals surface area contributed by atoms with Crippen molar-refractivity contribution < 1.29 is 9.47 Å². The van der Waals surface area contributed by atoms with E-state index in [-0.39, 0.29) is 0 Å². The van der Waals surface area contributed by atoms with Gasteiger partial charge in [-0.2, -0.15) is 0 Å². The summed E-state index contributed by atoms with van der Waals surface area (Å²) in [7, 11) is 1.72. The van der Waals surface area contributed by atoms with E-state index < -0.39 is 11.0 Å². The molecule has 10 rings (SSSR count). The molecule has 7 aromatic rings. The van der Waals surface area contributed by atoms with E-state index in [1.54, 1.807) is 7.11 Å². The van der Waals surface area contributed by atoms with Gasteiger partial charge in [0.15, 0.2) is 5.60 Å². The first-order chi connectivity index (χ1) is 25.5. The van der Waals surface area contributed by atoms with Crippen LogP contribution in [0.5, 0.6) is 11.5 Å². The number of allylic oxidation sites excluding steroid dienone is 4. The van der Waals surface area contributed by atoms with E-state index in [4.69, 9.17) is 9.47 Å². The number of fused-ring (bicyclic) bond motifs is 9. The summed E-state index contributed by atoms with van der Waals surface area (Å²) in [6.07, 6.45) is 8.67. The van der Waals surface area contributed by atoms with Gasteiger partial charge in [-0.05, 0) is 91.5 Å². The van der Waals surface area contributed by atoms with E-state index in [9.17, 15) is 0 Å². The summed E-state index contributed by atoms with van der Waals surface area (Å²) in [5.41, 5.74) is 10.1. The van der Waals surface area contributed by atoms with E-state index in [0.29, 0.717) is 0 Å². The average Bonchev–Trinajstić information content (AvgIpc) is 3.68. The number of rotatable bonds is 5. The Bertz CT molecular complexity index is 2630. The molecule has 0 fully saturated rings. The van der Waals surface area contributed by atoms with Crippen molar-refractivity contribution in [1.82, 2.24) is 0 Å². The summed E-state index contributed by atoms with van der Waals surface area (Å²) in [5, 5.41) is 7.19. The molecule has 52 heavy (non-hydrogen) atoms. The van der Waals surface area contributed by atoms with Gasteiger partial charge in [0.05, 0.1) is 12.5 Å². The second kappa shape index (κ2) is 11.7. The highest BCUT2D eigenvalue weighted by atomic mass is 16.5. The Morgan fingerprint density at radius 1 is 0.673 bits per heavy atom. The minimum Gasteiger partial charge on any atom is -0.497 e. The summed E-state index contributed by atoms with van der Waals surface area (Å²) < 4.78 is 13.5. The SMILES string of the molecule is C=CC1=C(C=C)C2(c3c4c(c5cc(OC)ccc5c31)OC(c1ccccc1)(c1ccc(C)cc1)C=C4)c1cccc3ccc4cccc2c4c13.CC. The lowest BCUT2D eigenvalue weighted by Gasteiger charge is -2.40. The van der Waals surface area contributed by atoms with E-state index in [0.717, 1.165) is 50.1 Å². The van der Waals surface area contributed by atoms with Crippen molar-refractivity contribution in [2.75, 3.05) is 7.11 Å². The summed E-state index contributed by atoms with van der Waals surface area (Å²) in [5.74, 6) is 1.62. The zero-order valence-corrected chi connectivity index (χ0v) is 30.1. The monoisotopic (exact) mass is 672 g/mol. The van der Waals surface area contributed by atoms with E-state index in [1.807, 2.05) is 19.9 Å². The number of hydrogen-bond donors (Lipinski definition) is 0. The van der Waals surface area contributed by atoms with Crippen LogP contribution in [0.1, 0.15) is 58.4 Å². The number of ether oxygens (including phenoxy) is 2. The van der Waals surface area contributed by atoms with Gasteiger partial charge in [-0.15, -0.1) is 0 Å². The molecule has 0 bridgehead atoms. The van der Waals surface area contributed by atoms with Gasteiger partial charge in [-0.1, -0.05) is 154 Å². The van der Waals surface area contributed by atoms with Crippen LogP contribution in [0.3, 0.4) is 0 Å². The molecule has 0 aromatic heterocycles. The standard InChI is InChI=1S/C48H34O2.C2H6/c1-5-35-39(6-2)48(40-16-10-12-30-20-21-31-13-11-17-41(48)43(31)42(30)40)45-37-26-27-47(32-14-8-7-9-15-32,33-22-18-29(3)19-23-33)50-46(37)38-28-34(49-4)24-25-36(38)44(35)45;1-2/h5-28H,1-2H2,3-4H3;1-2H3. The Morgan fingerprint density at radius 3 is 1.94 bits per heavy atom. The topological polar surface area (TPSA) is 18.5 Å². The third kappa shape index (κ3) is 3.95. The molecular weight excluding hydrogens is 633 g/mol. The fourth-order valence-electron chi connectivity index (χ4n) is 9.31. The van der Waals surface area contributed by atoms with Crippen molar-refractivity contribution in [1.29, 1.82) is 0 Å². The molecular formula is C50H40O2. The third-order valence-electron chi connectivity index (χ3n) is 11.4. The molecule has 1 aliphatic heterocycles. The second-order valence-electron chi connectivity index (χ2n) is 13.7. The minimum atomic E-state index is -0.855. The van der Waals surface area contributed by atoms with Crippen molar-refractivity contribution >= 4 is 44.0 Å². The second-order valence-corrected chi connectivity index (χ2v) is 13.7. The van der Waals surface area contributed by atoms with Crippen LogP contribution in [0.15, 0.2) is 158 Å². The predicted octanol–water partition coefficient (Wildman–Crippen LogP) is 12.6. The van der Waals surface area contributed by atoms with Crippen molar-refractivity contribution in [2.24, 2.45) is 0 Å². The molecule has 252 valence electrons. The smallest absolute Gasteiger partial charge is 0.178 e. The van der Waals surface area contributed by atoms with Gasteiger partial charge in [0.2, 0.25) is 0 Å². The van der Waals surface area contributed by atoms with Crippen molar-refractivity contribution in [3.63, 3.8) is 0 Å². The molecule has 0 N–H and O–H groups in total. The highest BCUT2D eigenvalue weighted by Gasteiger charge is 2.54. The number of hydrogen-bond acceptors (Lipinski definition) is 2. The zero-order valence-electron chi connectivity index (χ0n) is 30.1. The highest BCUT2D eigenvalue weighted by molar-refractivity contribution is 6.19. The lowest BCUT2D eigenvalue weighted by atomic mass is 9.67. The van der Waals surface area contributed by atoms with Crippen LogP contribution in [-0.2, 0) is 11.0 Å². The summed E-state index contributed by atoms with van der Waals surface area (Å²) in [4.78, 5) is 0. The quantitative estimate of drug-likeness (QED) is 0.169. The first-order valence-corrected chi connectivity index (χ1v) is 18.2. The lowest BCUT2D eigenvalue weighted by Crippen LogP contribution is -2.35. The number of aryl methyl sites for hydroxylation is 1. The molecule has 0 amide bonds. The molecule has 2 heteroatoms. The summed E-state index contributed by atoms with van der Waals surface area (Å²) in [6.45, 7) is 15.0. The van der Waals surface area contributed by atoms with E-state index >= 15 is 0 Å². The molecule has 0 radical (unpaired) electrons. The van der Waals surface area contributed by atoms with Crippen LogP contribution in [0.25, 0.3) is 44.0 Å².